The van der Waals surface area contributed by atoms with Crippen LogP contribution >= 0.6 is 0 Å². The number of carbonyl (C=O) groups is 1. The molecule has 1 aromatic carbocycles. The van der Waals surface area contributed by atoms with Crippen molar-refractivity contribution in [2.24, 2.45) is 22.9 Å². The lowest BCUT2D eigenvalue weighted by molar-refractivity contribution is -0.00721. The molecule has 4 bridgehead atoms. The highest BCUT2D eigenvalue weighted by molar-refractivity contribution is 5.93. The molecule has 6 rings (SSSR count). The highest BCUT2D eigenvalue weighted by Crippen LogP contribution is 2.60. The number of phenols is 1. The molecule has 30 heavy (non-hydrogen) atoms. The lowest BCUT2D eigenvalue weighted by Crippen LogP contribution is -2.48. The van der Waals surface area contributed by atoms with Gasteiger partial charge in [-0.05, 0) is 80.4 Å². The largest absolute Gasteiger partial charge is 0.507 e. The number of allylic oxidation sites excluding steroid dienone is 1. The number of nitrogens with one attached hydrogen (secondary N) is 2. The minimum Gasteiger partial charge on any atom is -0.507 e. The third-order valence-corrected chi connectivity index (χ3v) is 7.30. The normalized spacial score (nSPS) is 29.4. The topological polar surface area (TPSA) is 90.4 Å². The molecule has 6 nitrogen and oxygen atoms in total. The van der Waals surface area contributed by atoms with Crippen LogP contribution in [-0.4, -0.2) is 27.4 Å². The van der Waals surface area contributed by atoms with Gasteiger partial charge in [-0.1, -0.05) is 18.2 Å². The van der Waals surface area contributed by atoms with E-state index >= 15 is 0 Å². The Kier molecular flexibility index (Phi) is 4.72. The molecule has 2 aromatic rings. The summed E-state index contributed by atoms with van der Waals surface area (Å²) in [7, 11) is 0. The Morgan fingerprint density at radius 3 is 2.63 bits per heavy atom. The van der Waals surface area contributed by atoms with Gasteiger partial charge in [-0.2, -0.15) is 10.2 Å². The minimum absolute atomic E-state index is 0.152. The number of rotatable bonds is 6. The fourth-order valence-electron chi connectivity index (χ4n) is 6.40. The van der Waals surface area contributed by atoms with E-state index in [1.807, 2.05) is 18.2 Å². The van der Waals surface area contributed by atoms with Gasteiger partial charge in [-0.15, -0.1) is 6.58 Å². The molecule has 3 N–H and O–H groups in total. The number of carbonyl (C=O) groups excluding carboxylic acids is 1. The molecule has 0 spiro atoms. The molecule has 6 heteroatoms. The molecule has 4 aliphatic carbocycles. The molecular weight excluding hydrogens is 376 g/mol. The van der Waals surface area contributed by atoms with Gasteiger partial charge in [0, 0.05) is 16.7 Å². The van der Waals surface area contributed by atoms with Crippen molar-refractivity contribution in [3.8, 4) is 5.75 Å². The Morgan fingerprint density at radius 2 is 1.97 bits per heavy atom. The molecule has 0 saturated heterocycles. The van der Waals surface area contributed by atoms with Gasteiger partial charge in [-0.25, -0.2) is 5.43 Å². The van der Waals surface area contributed by atoms with Gasteiger partial charge in [0.1, 0.15) is 5.75 Å². The van der Waals surface area contributed by atoms with E-state index in [0.717, 1.165) is 29.0 Å². The zero-order valence-corrected chi connectivity index (χ0v) is 17.1. The number of para-hydroxylation sites is 1. The summed E-state index contributed by atoms with van der Waals surface area (Å²) < 4.78 is 0. The lowest BCUT2D eigenvalue weighted by Gasteiger charge is -2.56. The SMILES string of the molecule is C=CCc1cccc(C=NNC(=O)c2cc(C34CC5CC(CC(C5)C3)C4)[nH]n2)c1O. The molecule has 4 saturated carbocycles. The van der Waals surface area contributed by atoms with Crippen LogP contribution in [0.25, 0.3) is 0 Å². The number of phenolic OH excluding ortho intramolecular Hbond substituents is 1. The first-order chi connectivity index (χ1) is 14.6. The Balaban J connectivity index is 1.27. The van der Waals surface area contributed by atoms with Crippen LogP contribution in [0.2, 0.25) is 0 Å². The second-order valence-corrected chi connectivity index (χ2v) is 9.41. The van der Waals surface area contributed by atoms with Crippen LogP contribution in [0.15, 0.2) is 42.0 Å². The lowest BCUT2D eigenvalue weighted by atomic mass is 9.49. The van der Waals surface area contributed by atoms with E-state index in [2.05, 4.69) is 27.3 Å². The van der Waals surface area contributed by atoms with Gasteiger partial charge in [0.25, 0.3) is 5.91 Å². The second kappa shape index (κ2) is 7.42. The number of aromatic nitrogens is 2. The third-order valence-electron chi connectivity index (χ3n) is 7.30. The molecule has 1 heterocycles. The molecule has 4 fully saturated rings. The van der Waals surface area contributed by atoms with E-state index in [9.17, 15) is 9.90 Å². The van der Waals surface area contributed by atoms with E-state index in [4.69, 9.17) is 0 Å². The Hall–Kier alpha value is -2.89. The zero-order chi connectivity index (χ0) is 20.7. The van der Waals surface area contributed by atoms with Gasteiger partial charge >= 0.3 is 0 Å². The Labute approximate surface area is 176 Å². The van der Waals surface area contributed by atoms with Crippen molar-refractivity contribution in [3.05, 3.63) is 59.4 Å². The summed E-state index contributed by atoms with van der Waals surface area (Å²) in [6.45, 7) is 3.69. The van der Waals surface area contributed by atoms with Crippen molar-refractivity contribution in [3.63, 3.8) is 0 Å². The molecule has 0 atom stereocenters. The van der Waals surface area contributed by atoms with Crippen LogP contribution in [-0.2, 0) is 11.8 Å². The first-order valence-corrected chi connectivity index (χ1v) is 10.9. The van der Waals surface area contributed by atoms with E-state index in [1.165, 1.54) is 44.7 Å². The van der Waals surface area contributed by atoms with Crippen LogP contribution in [0.4, 0.5) is 0 Å². The van der Waals surface area contributed by atoms with E-state index in [0.29, 0.717) is 17.7 Å². The first kappa shape index (κ1) is 19.1. The summed E-state index contributed by atoms with van der Waals surface area (Å²) in [4.78, 5) is 12.5. The van der Waals surface area contributed by atoms with Crippen LogP contribution in [0.1, 0.15) is 65.8 Å². The van der Waals surface area contributed by atoms with Crippen LogP contribution in [0, 0.1) is 17.8 Å². The minimum atomic E-state index is -0.347. The number of hydrogen-bond acceptors (Lipinski definition) is 4. The van der Waals surface area contributed by atoms with Crippen molar-refractivity contribution in [1.29, 1.82) is 0 Å². The van der Waals surface area contributed by atoms with Crippen molar-refractivity contribution in [2.45, 2.75) is 50.4 Å². The summed E-state index contributed by atoms with van der Waals surface area (Å²) >= 11 is 0. The van der Waals surface area contributed by atoms with Crippen molar-refractivity contribution >= 4 is 12.1 Å². The van der Waals surface area contributed by atoms with Crippen LogP contribution in [0.3, 0.4) is 0 Å². The van der Waals surface area contributed by atoms with Crippen LogP contribution < -0.4 is 5.43 Å². The number of hydrogen-bond donors (Lipinski definition) is 3. The van der Waals surface area contributed by atoms with Crippen molar-refractivity contribution in [1.82, 2.24) is 15.6 Å². The summed E-state index contributed by atoms with van der Waals surface area (Å²) in [6, 6.07) is 7.34. The Bertz CT molecular complexity index is 971. The number of nitrogens with zero attached hydrogens (tertiary/aromatic N) is 2. The maximum atomic E-state index is 12.5. The molecule has 0 aliphatic heterocycles. The number of hydrazone groups is 1. The summed E-state index contributed by atoms with van der Waals surface area (Å²) in [6.07, 6.45) is 11.6. The molecule has 4 aliphatic rings. The van der Waals surface area contributed by atoms with E-state index in [1.54, 1.807) is 12.1 Å². The number of H-pyrrole nitrogens is 1. The van der Waals surface area contributed by atoms with Gasteiger partial charge in [-0.3, -0.25) is 9.89 Å². The van der Waals surface area contributed by atoms with Gasteiger partial charge in [0.15, 0.2) is 5.69 Å². The first-order valence-electron chi connectivity index (χ1n) is 10.9. The predicted molar refractivity (Wildman–Crippen MR) is 116 cm³/mol. The molecule has 156 valence electrons. The van der Waals surface area contributed by atoms with Gasteiger partial charge in [0.2, 0.25) is 0 Å². The highest BCUT2D eigenvalue weighted by atomic mass is 16.3. The average molecular weight is 405 g/mol. The quantitative estimate of drug-likeness (QED) is 0.385. The number of amides is 1. The van der Waals surface area contributed by atoms with Gasteiger partial charge in [0.05, 0.1) is 6.21 Å². The van der Waals surface area contributed by atoms with E-state index in [-0.39, 0.29) is 17.1 Å². The summed E-state index contributed by atoms with van der Waals surface area (Å²) in [5.41, 5.74) is 5.51. The fraction of sp³-hybridized carbons (Fsp3) is 0.458. The monoisotopic (exact) mass is 404 g/mol. The second-order valence-electron chi connectivity index (χ2n) is 9.41. The number of benzene rings is 1. The molecule has 0 unspecified atom stereocenters. The molecule has 1 amide bonds. The summed E-state index contributed by atoms with van der Waals surface area (Å²) in [5.74, 6) is 2.32. The van der Waals surface area contributed by atoms with E-state index < -0.39 is 0 Å². The van der Waals surface area contributed by atoms with Crippen LogP contribution in [0.5, 0.6) is 5.75 Å². The summed E-state index contributed by atoms with van der Waals surface area (Å²) in [5, 5.41) is 21.8. The standard InChI is InChI=1S/C24H28N4O2/c1-2-4-18-5-3-6-19(22(18)29)14-25-28-23(30)20-10-21(27-26-20)24-11-15-7-16(12-24)9-17(8-15)13-24/h2-3,5-6,10,14-17,29H,1,4,7-9,11-13H2,(H,26,27)(H,28,30). The fourth-order valence-corrected chi connectivity index (χ4v) is 6.40. The van der Waals surface area contributed by atoms with Gasteiger partial charge < -0.3 is 5.11 Å². The maximum absolute atomic E-state index is 12.5. The van der Waals surface area contributed by atoms with Crippen molar-refractivity contribution in [2.75, 3.05) is 0 Å². The molecular formula is C24H28N4O2. The smallest absolute Gasteiger partial charge is 0.291 e. The van der Waals surface area contributed by atoms with Crippen molar-refractivity contribution < 1.29 is 9.90 Å². The number of aromatic hydroxyl groups is 1. The molecule has 0 radical (unpaired) electrons. The Morgan fingerprint density at radius 1 is 1.27 bits per heavy atom. The maximum Gasteiger partial charge on any atom is 0.291 e. The molecule has 1 aromatic heterocycles. The predicted octanol–water partition coefficient (Wildman–Crippen LogP) is 4.08. The average Bonchev–Trinajstić information content (AvgIpc) is 3.21. The third kappa shape index (κ3) is 3.34. The number of aromatic amines is 1. The zero-order valence-electron chi connectivity index (χ0n) is 17.1. The highest BCUT2D eigenvalue weighted by Gasteiger charge is 2.52.